The summed E-state index contributed by atoms with van der Waals surface area (Å²) in [7, 11) is 2.04. The molecule has 3 aromatic rings. The van der Waals surface area contributed by atoms with Crippen molar-refractivity contribution in [2.45, 2.75) is 13.0 Å². The van der Waals surface area contributed by atoms with Gasteiger partial charge in [0.1, 0.15) is 11.6 Å². The van der Waals surface area contributed by atoms with Crippen molar-refractivity contribution >= 4 is 17.5 Å². The summed E-state index contributed by atoms with van der Waals surface area (Å²) in [5, 5.41) is 0. The predicted octanol–water partition coefficient (Wildman–Crippen LogP) is 4.13. The molecule has 34 heavy (non-hydrogen) atoms. The van der Waals surface area contributed by atoms with E-state index in [1.54, 1.807) is 18.2 Å². The number of likely N-dealkylation sites (N-methyl/N-ethyl adjacent to an activating group) is 1. The number of anilines is 1. The van der Waals surface area contributed by atoms with Crippen molar-refractivity contribution in [3.05, 3.63) is 101 Å². The van der Waals surface area contributed by atoms with Crippen LogP contribution in [0.2, 0.25) is 0 Å². The molecule has 1 aliphatic heterocycles. The Morgan fingerprint density at radius 1 is 0.853 bits per heavy atom. The Hall–Kier alpha value is -3.58. The minimum Gasteiger partial charge on any atom is -0.340 e. The molecule has 0 aromatic heterocycles. The molecule has 176 valence electrons. The normalized spacial score (nSPS) is 14.1. The smallest absolute Gasteiger partial charge is 0.261 e. The van der Waals surface area contributed by atoms with E-state index in [2.05, 4.69) is 4.90 Å². The summed E-state index contributed by atoms with van der Waals surface area (Å²) >= 11 is 0. The van der Waals surface area contributed by atoms with Gasteiger partial charge in [0.25, 0.3) is 5.91 Å². The fraction of sp³-hybridized carbons (Fsp3) is 0.259. The van der Waals surface area contributed by atoms with Crippen molar-refractivity contribution < 1.29 is 18.4 Å². The maximum Gasteiger partial charge on any atom is 0.261 e. The number of halogens is 2. The second kappa shape index (κ2) is 10.6. The molecule has 0 N–H and O–H groups in total. The van der Waals surface area contributed by atoms with E-state index in [0.29, 0.717) is 24.8 Å². The van der Waals surface area contributed by atoms with Gasteiger partial charge in [-0.25, -0.2) is 8.78 Å². The van der Waals surface area contributed by atoms with Gasteiger partial charge in [0.2, 0.25) is 5.91 Å². The third-order valence-electron chi connectivity index (χ3n) is 6.02. The summed E-state index contributed by atoms with van der Waals surface area (Å²) in [6.45, 7) is 3.27. The molecule has 0 radical (unpaired) electrons. The monoisotopic (exact) mass is 463 g/mol. The summed E-state index contributed by atoms with van der Waals surface area (Å²) in [6.07, 6.45) is 0.218. The number of amides is 2. The number of hydrogen-bond acceptors (Lipinski definition) is 3. The molecular weight excluding hydrogens is 436 g/mol. The summed E-state index contributed by atoms with van der Waals surface area (Å²) < 4.78 is 27.9. The SMILES string of the molecule is CN1CCN(C(=O)Cc2cccc(N(Cc3ccccc3)C(=O)c3ccc(F)cc3F)c2)CC1. The standard InChI is InChI=1S/C27H27F2N3O2/c1-30-12-14-31(15-13-30)26(33)17-21-8-5-9-23(16-21)32(19-20-6-3-2-4-7-20)27(34)24-11-10-22(28)18-25(24)29/h2-11,16,18H,12-15,17,19H2,1H3. The number of carbonyl (C=O) groups is 2. The van der Waals surface area contributed by atoms with Crippen LogP contribution in [0, 0.1) is 11.6 Å². The quantitative estimate of drug-likeness (QED) is 0.552. The highest BCUT2D eigenvalue weighted by Crippen LogP contribution is 2.24. The Morgan fingerprint density at radius 3 is 2.26 bits per heavy atom. The zero-order chi connectivity index (χ0) is 24.1. The number of rotatable bonds is 6. The maximum atomic E-state index is 14.5. The van der Waals surface area contributed by atoms with Crippen molar-refractivity contribution in [3.63, 3.8) is 0 Å². The highest BCUT2D eigenvalue weighted by molar-refractivity contribution is 6.06. The van der Waals surface area contributed by atoms with Gasteiger partial charge in [-0.2, -0.15) is 0 Å². The molecule has 7 heteroatoms. The lowest BCUT2D eigenvalue weighted by Crippen LogP contribution is -2.47. The van der Waals surface area contributed by atoms with Gasteiger partial charge in [-0.3, -0.25) is 9.59 Å². The van der Waals surface area contributed by atoms with Gasteiger partial charge in [-0.05, 0) is 42.4 Å². The molecule has 5 nitrogen and oxygen atoms in total. The highest BCUT2D eigenvalue weighted by Gasteiger charge is 2.23. The van der Waals surface area contributed by atoms with Gasteiger partial charge < -0.3 is 14.7 Å². The fourth-order valence-corrected chi connectivity index (χ4v) is 4.03. The van der Waals surface area contributed by atoms with E-state index in [9.17, 15) is 18.4 Å². The summed E-state index contributed by atoms with van der Waals surface area (Å²) in [5.41, 5.74) is 1.96. The summed E-state index contributed by atoms with van der Waals surface area (Å²) in [4.78, 5) is 31.7. The zero-order valence-electron chi connectivity index (χ0n) is 19.1. The van der Waals surface area contributed by atoms with Crippen LogP contribution >= 0.6 is 0 Å². The lowest BCUT2D eigenvalue weighted by molar-refractivity contribution is -0.132. The molecule has 0 spiro atoms. The predicted molar refractivity (Wildman–Crippen MR) is 128 cm³/mol. The molecule has 0 saturated carbocycles. The first kappa shape index (κ1) is 23.6. The van der Waals surface area contributed by atoms with Gasteiger partial charge in [0.05, 0.1) is 18.5 Å². The fourth-order valence-electron chi connectivity index (χ4n) is 4.03. The Bertz CT molecular complexity index is 1160. The van der Waals surface area contributed by atoms with Gasteiger partial charge in [-0.15, -0.1) is 0 Å². The Kier molecular flexibility index (Phi) is 7.33. The van der Waals surface area contributed by atoms with Crippen LogP contribution in [0.1, 0.15) is 21.5 Å². The molecule has 1 heterocycles. The lowest BCUT2D eigenvalue weighted by Gasteiger charge is -2.32. The summed E-state index contributed by atoms with van der Waals surface area (Å²) in [5.74, 6) is -2.20. The molecule has 0 aliphatic carbocycles. The number of nitrogens with zero attached hydrogens (tertiary/aromatic N) is 3. The van der Waals surface area contributed by atoms with Crippen LogP contribution in [0.25, 0.3) is 0 Å². The van der Waals surface area contributed by atoms with E-state index in [4.69, 9.17) is 0 Å². The van der Waals surface area contributed by atoms with E-state index in [1.807, 2.05) is 48.3 Å². The topological polar surface area (TPSA) is 43.9 Å². The van der Waals surface area contributed by atoms with E-state index < -0.39 is 17.5 Å². The van der Waals surface area contributed by atoms with Crippen LogP contribution in [0.5, 0.6) is 0 Å². The van der Waals surface area contributed by atoms with Crippen molar-refractivity contribution in [1.29, 1.82) is 0 Å². The first-order valence-electron chi connectivity index (χ1n) is 11.3. The Balaban J connectivity index is 1.60. The van der Waals surface area contributed by atoms with E-state index >= 15 is 0 Å². The molecule has 1 aliphatic rings. The van der Waals surface area contributed by atoms with Gasteiger partial charge in [0.15, 0.2) is 0 Å². The van der Waals surface area contributed by atoms with Crippen LogP contribution in [-0.2, 0) is 17.8 Å². The second-order valence-electron chi connectivity index (χ2n) is 8.53. The third kappa shape index (κ3) is 5.66. The molecule has 2 amide bonds. The van der Waals surface area contributed by atoms with Gasteiger partial charge in [-0.1, -0.05) is 42.5 Å². The van der Waals surface area contributed by atoms with Crippen molar-refractivity contribution in [1.82, 2.24) is 9.80 Å². The number of carbonyl (C=O) groups excluding carboxylic acids is 2. The minimum atomic E-state index is -0.913. The van der Waals surface area contributed by atoms with Crippen molar-refractivity contribution in [2.24, 2.45) is 0 Å². The molecular formula is C27H27F2N3O2. The Labute approximate surface area is 198 Å². The van der Waals surface area contributed by atoms with Crippen LogP contribution in [0.3, 0.4) is 0 Å². The van der Waals surface area contributed by atoms with Crippen LogP contribution in [-0.4, -0.2) is 54.8 Å². The van der Waals surface area contributed by atoms with E-state index in [1.165, 1.54) is 4.90 Å². The Morgan fingerprint density at radius 2 is 1.56 bits per heavy atom. The van der Waals surface area contributed by atoms with Crippen molar-refractivity contribution in [3.8, 4) is 0 Å². The average molecular weight is 464 g/mol. The number of piperazine rings is 1. The first-order chi connectivity index (χ1) is 16.4. The van der Waals surface area contributed by atoms with Crippen LogP contribution < -0.4 is 4.90 Å². The average Bonchev–Trinajstić information content (AvgIpc) is 2.83. The largest absolute Gasteiger partial charge is 0.340 e. The number of benzene rings is 3. The molecule has 0 unspecified atom stereocenters. The summed E-state index contributed by atoms with van der Waals surface area (Å²) in [6, 6.07) is 19.5. The minimum absolute atomic E-state index is 0.0377. The molecule has 0 atom stereocenters. The highest BCUT2D eigenvalue weighted by atomic mass is 19.1. The molecule has 3 aromatic carbocycles. The number of hydrogen-bond donors (Lipinski definition) is 0. The van der Waals surface area contributed by atoms with Crippen LogP contribution in [0.15, 0.2) is 72.8 Å². The molecule has 1 fully saturated rings. The maximum absolute atomic E-state index is 14.5. The van der Waals surface area contributed by atoms with Crippen molar-refractivity contribution in [2.75, 3.05) is 38.1 Å². The molecule has 0 bridgehead atoms. The zero-order valence-corrected chi connectivity index (χ0v) is 19.1. The van der Waals surface area contributed by atoms with Gasteiger partial charge in [0, 0.05) is 37.9 Å². The van der Waals surface area contributed by atoms with Gasteiger partial charge >= 0.3 is 0 Å². The first-order valence-corrected chi connectivity index (χ1v) is 11.3. The third-order valence-corrected chi connectivity index (χ3v) is 6.02. The second-order valence-corrected chi connectivity index (χ2v) is 8.53. The molecule has 1 saturated heterocycles. The van der Waals surface area contributed by atoms with E-state index in [-0.39, 0.29) is 24.4 Å². The lowest BCUT2D eigenvalue weighted by atomic mass is 10.1. The molecule has 4 rings (SSSR count). The van der Waals surface area contributed by atoms with E-state index in [0.717, 1.165) is 36.3 Å². The van der Waals surface area contributed by atoms with Crippen LogP contribution in [0.4, 0.5) is 14.5 Å².